The topological polar surface area (TPSA) is 59.2 Å². The molecule has 0 unspecified atom stereocenters. The fraction of sp³-hybridized carbons (Fsp3) is 0.400. The van der Waals surface area contributed by atoms with Crippen LogP contribution >= 0.6 is 0 Å². The van der Waals surface area contributed by atoms with Gasteiger partial charge in [-0.3, -0.25) is 4.79 Å². The summed E-state index contributed by atoms with van der Waals surface area (Å²) in [4.78, 5) is 18.4. The van der Waals surface area contributed by atoms with Gasteiger partial charge >= 0.3 is 0 Å². The molecule has 0 spiro atoms. The van der Waals surface area contributed by atoms with Gasteiger partial charge in [0.25, 0.3) is 0 Å². The van der Waals surface area contributed by atoms with Crippen molar-refractivity contribution in [1.29, 1.82) is 0 Å². The van der Waals surface area contributed by atoms with Gasteiger partial charge in [0.15, 0.2) is 5.82 Å². The van der Waals surface area contributed by atoms with E-state index >= 15 is 0 Å². The second kappa shape index (κ2) is 5.07. The van der Waals surface area contributed by atoms with E-state index in [4.69, 9.17) is 4.52 Å². The summed E-state index contributed by atoms with van der Waals surface area (Å²) >= 11 is 0. The summed E-state index contributed by atoms with van der Waals surface area (Å²) in [6.07, 6.45) is 1.17. The van der Waals surface area contributed by atoms with Crippen molar-refractivity contribution in [3.8, 4) is 0 Å². The van der Waals surface area contributed by atoms with E-state index in [-0.39, 0.29) is 11.8 Å². The number of anilines is 1. The molecule has 5 nitrogen and oxygen atoms in total. The fourth-order valence-corrected chi connectivity index (χ4v) is 2.55. The molecule has 104 valence electrons. The van der Waals surface area contributed by atoms with Gasteiger partial charge in [0.2, 0.25) is 11.8 Å². The van der Waals surface area contributed by atoms with Crippen molar-refractivity contribution in [1.82, 2.24) is 10.1 Å². The summed E-state index contributed by atoms with van der Waals surface area (Å²) < 4.78 is 5.26. The van der Waals surface area contributed by atoms with Gasteiger partial charge in [-0.25, -0.2) is 0 Å². The maximum absolute atomic E-state index is 12.2. The molecule has 0 bridgehead atoms. The molecule has 1 amide bonds. The summed E-state index contributed by atoms with van der Waals surface area (Å²) in [5, 5.41) is 3.90. The molecule has 1 atom stereocenters. The molecular formula is C15H17N3O2. The number of hydrogen-bond acceptors (Lipinski definition) is 4. The summed E-state index contributed by atoms with van der Waals surface area (Å²) in [5.41, 5.74) is 2.07. The Morgan fingerprint density at radius 1 is 1.40 bits per heavy atom. The lowest BCUT2D eigenvalue weighted by Crippen LogP contribution is -2.25. The van der Waals surface area contributed by atoms with Crippen LogP contribution in [0.25, 0.3) is 0 Å². The minimum absolute atomic E-state index is 0.00472. The second-order valence-corrected chi connectivity index (χ2v) is 5.09. The lowest BCUT2D eigenvalue weighted by Gasteiger charge is -2.18. The maximum Gasteiger partial charge on any atom is 0.232 e. The third kappa shape index (κ3) is 2.19. The Morgan fingerprint density at radius 3 is 2.90 bits per heavy atom. The monoisotopic (exact) mass is 271 g/mol. The van der Waals surface area contributed by atoms with Crippen molar-refractivity contribution < 1.29 is 9.32 Å². The van der Waals surface area contributed by atoms with Gasteiger partial charge in [-0.05, 0) is 18.6 Å². The van der Waals surface area contributed by atoms with Crippen LogP contribution in [0, 0.1) is 6.92 Å². The van der Waals surface area contributed by atoms with Crippen molar-refractivity contribution in [3.63, 3.8) is 0 Å². The lowest BCUT2D eigenvalue weighted by atomic mass is 10.1. The van der Waals surface area contributed by atoms with Crippen molar-refractivity contribution in [2.75, 3.05) is 11.4 Å². The first-order valence-electron chi connectivity index (χ1n) is 6.87. The molecule has 2 aromatic rings. The standard InChI is InChI=1S/C15H17N3O2/c1-3-13-16-15(20-17-13)11-8-14(19)18(9-11)12-7-5-4-6-10(12)2/h4-7,11H,3,8-9H2,1-2H3/t11-/m1/s1. The number of benzene rings is 1. The van der Waals surface area contributed by atoms with Crippen LogP contribution in [0.15, 0.2) is 28.8 Å². The van der Waals surface area contributed by atoms with Crippen LogP contribution in [-0.2, 0) is 11.2 Å². The molecule has 1 aliphatic heterocycles. The van der Waals surface area contributed by atoms with Crippen LogP contribution in [0.5, 0.6) is 0 Å². The largest absolute Gasteiger partial charge is 0.339 e. The molecule has 1 aromatic carbocycles. The van der Waals surface area contributed by atoms with Gasteiger partial charge in [0.05, 0.1) is 5.92 Å². The summed E-state index contributed by atoms with van der Waals surface area (Å²) in [7, 11) is 0. The number of nitrogens with zero attached hydrogens (tertiary/aromatic N) is 3. The molecule has 0 N–H and O–H groups in total. The Balaban J connectivity index is 1.83. The Bertz CT molecular complexity index is 636. The number of aryl methyl sites for hydroxylation is 2. The Kier molecular flexibility index (Phi) is 3.26. The van der Waals surface area contributed by atoms with Crippen LogP contribution in [-0.4, -0.2) is 22.6 Å². The maximum atomic E-state index is 12.2. The molecule has 1 aromatic heterocycles. The highest BCUT2D eigenvalue weighted by molar-refractivity contribution is 5.97. The predicted octanol–water partition coefficient (Wildman–Crippen LogP) is 2.46. The first kappa shape index (κ1) is 12.8. The van der Waals surface area contributed by atoms with Crippen LogP contribution < -0.4 is 4.90 Å². The Labute approximate surface area is 117 Å². The van der Waals surface area contributed by atoms with Crippen molar-refractivity contribution in [2.45, 2.75) is 32.6 Å². The summed E-state index contributed by atoms with van der Waals surface area (Å²) in [5.74, 6) is 1.38. The zero-order valence-corrected chi connectivity index (χ0v) is 11.7. The summed E-state index contributed by atoms with van der Waals surface area (Å²) in [6, 6.07) is 7.91. The number of rotatable bonds is 3. The van der Waals surface area contributed by atoms with E-state index in [1.807, 2.05) is 43.0 Å². The van der Waals surface area contributed by atoms with Crippen LogP contribution in [0.3, 0.4) is 0 Å². The van der Waals surface area contributed by atoms with Crippen LogP contribution in [0.2, 0.25) is 0 Å². The smallest absolute Gasteiger partial charge is 0.232 e. The molecule has 1 saturated heterocycles. The second-order valence-electron chi connectivity index (χ2n) is 5.09. The highest BCUT2D eigenvalue weighted by Gasteiger charge is 2.35. The third-order valence-corrected chi connectivity index (χ3v) is 3.68. The minimum atomic E-state index is -0.00472. The average molecular weight is 271 g/mol. The minimum Gasteiger partial charge on any atom is -0.339 e. The number of carbonyl (C=O) groups is 1. The Hall–Kier alpha value is -2.17. The molecule has 0 saturated carbocycles. The molecule has 2 heterocycles. The van der Waals surface area contributed by atoms with Crippen molar-refractivity contribution >= 4 is 11.6 Å². The number of aromatic nitrogens is 2. The van der Waals surface area contributed by atoms with Gasteiger partial charge in [-0.2, -0.15) is 4.98 Å². The number of carbonyl (C=O) groups excluding carboxylic acids is 1. The highest BCUT2D eigenvalue weighted by Crippen LogP contribution is 2.32. The van der Waals surface area contributed by atoms with Crippen molar-refractivity contribution in [3.05, 3.63) is 41.5 Å². The van der Waals surface area contributed by atoms with Gasteiger partial charge in [-0.1, -0.05) is 30.3 Å². The molecule has 1 fully saturated rings. The molecule has 0 aliphatic carbocycles. The first-order valence-corrected chi connectivity index (χ1v) is 6.87. The van der Waals surface area contributed by atoms with E-state index in [0.29, 0.717) is 24.7 Å². The van der Waals surface area contributed by atoms with Crippen LogP contribution in [0.1, 0.15) is 36.5 Å². The quantitative estimate of drug-likeness (QED) is 0.860. The van der Waals surface area contributed by atoms with Crippen molar-refractivity contribution in [2.24, 2.45) is 0 Å². The normalized spacial score (nSPS) is 18.8. The third-order valence-electron chi connectivity index (χ3n) is 3.68. The van der Waals surface area contributed by atoms with E-state index in [1.54, 1.807) is 0 Å². The average Bonchev–Trinajstić information content (AvgIpc) is 3.06. The fourth-order valence-electron chi connectivity index (χ4n) is 2.55. The Morgan fingerprint density at radius 2 is 2.20 bits per heavy atom. The van der Waals surface area contributed by atoms with E-state index < -0.39 is 0 Å². The lowest BCUT2D eigenvalue weighted by molar-refractivity contribution is -0.117. The molecular weight excluding hydrogens is 254 g/mol. The van der Waals surface area contributed by atoms with Gasteiger partial charge in [-0.15, -0.1) is 0 Å². The van der Waals surface area contributed by atoms with E-state index in [9.17, 15) is 4.79 Å². The zero-order chi connectivity index (χ0) is 14.1. The molecule has 3 rings (SSSR count). The molecule has 0 radical (unpaired) electrons. The van der Waals surface area contributed by atoms with E-state index in [1.165, 1.54) is 0 Å². The molecule has 5 heteroatoms. The van der Waals surface area contributed by atoms with Gasteiger partial charge in [0, 0.05) is 25.1 Å². The number of amides is 1. The van der Waals surface area contributed by atoms with E-state index in [2.05, 4.69) is 10.1 Å². The molecule has 20 heavy (non-hydrogen) atoms. The number of para-hydroxylation sites is 1. The zero-order valence-electron chi connectivity index (χ0n) is 11.7. The molecule has 1 aliphatic rings. The van der Waals surface area contributed by atoms with Crippen LogP contribution in [0.4, 0.5) is 5.69 Å². The predicted molar refractivity (Wildman–Crippen MR) is 74.6 cm³/mol. The first-order chi connectivity index (χ1) is 9.69. The van der Waals surface area contributed by atoms with E-state index in [0.717, 1.165) is 17.7 Å². The van der Waals surface area contributed by atoms with Gasteiger partial charge < -0.3 is 9.42 Å². The SMILES string of the molecule is CCc1noc([C@@H]2CC(=O)N(c3ccccc3C)C2)n1. The number of hydrogen-bond donors (Lipinski definition) is 0. The highest BCUT2D eigenvalue weighted by atomic mass is 16.5. The van der Waals surface area contributed by atoms with Gasteiger partial charge in [0.1, 0.15) is 0 Å². The summed E-state index contributed by atoms with van der Waals surface area (Å²) in [6.45, 7) is 4.60.